The van der Waals surface area contributed by atoms with Crippen molar-refractivity contribution in [2.75, 3.05) is 46.8 Å². The van der Waals surface area contributed by atoms with Crippen molar-refractivity contribution in [1.82, 2.24) is 30.0 Å². The first-order chi connectivity index (χ1) is 12.9. The van der Waals surface area contributed by atoms with E-state index >= 15 is 0 Å². The van der Waals surface area contributed by atoms with Crippen LogP contribution in [-0.4, -0.2) is 83.6 Å². The number of piperazine rings is 1. The normalized spacial score (nSPS) is 17.2. The van der Waals surface area contributed by atoms with Crippen LogP contribution in [0.2, 0.25) is 0 Å². The molecule has 0 radical (unpaired) electrons. The molecule has 148 valence electrons. The van der Waals surface area contributed by atoms with Gasteiger partial charge < -0.3 is 20.1 Å². The van der Waals surface area contributed by atoms with Gasteiger partial charge in [0.15, 0.2) is 0 Å². The number of nitrogens with one attached hydrogen (secondary N) is 2. The first-order valence-corrected chi connectivity index (χ1v) is 9.79. The van der Waals surface area contributed by atoms with Gasteiger partial charge in [-0.3, -0.25) is 4.90 Å². The number of aromatic amines is 1. The van der Waals surface area contributed by atoms with E-state index in [9.17, 15) is 4.79 Å². The largest absolute Gasteiger partial charge is 0.340 e. The Labute approximate surface area is 161 Å². The summed E-state index contributed by atoms with van der Waals surface area (Å²) < 4.78 is 0. The Kier molecular flexibility index (Phi) is 6.34. The Morgan fingerprint density at radius 1 is 1.33 bits per heavy atom. The number of benzene rings is 1. The first-order valence-electron chi connectivity index (χ1n) is 9.79. The Balaban J connectivity index is 1.43. The van der Waals surface area contributed by atoms with Gasteiger partial charge in [0.25, 0.3) is 0 Å². The number of imidazole rings is 1. The molecule has 27 heavy (non-hydrogen) atoms. The summed E-state index contributed by atoms with van der Waals surface area (Å²) >= 11 is 0. The third kappa shape index (κ3) is 5.20. The number of carbonyl (C=O) groups is 1. The monoisotopic (exact) mass is 372 g/mol. The Bertz CT molecular complexity index is 765. The summed E-state index contributed by atoms with van der Waals surface area (Å²) in [6.07, 6.45) is 0.965. The lowest BCUT2D eigenvalue weighted by Gasteiger charge is -2.36. The van der Waals surface area contributed by atoms with Gasteiger partial charge in [0.05, 0.1) is 17.6 Å². The Morgan fingerprint density at radius 2 is 2.07 bits per heavy atom. The van der Waals surface area contributed by atoms with Gasteiger partial charge in [0, 0.05) is 45.8 Å². The molecule has 0 spiro atoms. The van der Waals surface area contributed by atoms with Crippen LogP contribution >= 0.6 is 0 Å². The molecule has 0 unspecified atom stereocenters. The topological polar surface area (TPSA) is 67.5 Å². The minimum Gasteiger partial charge on any atom is -0.340 e. The number of likely N-dealkylation sites (N-methyl/N-ethyl adjacent to an activating group) is 1. The van der Waals surface area contributed by atoms with Gasteiger partial charge in [-0.05, 0) is 45.0 Å². The van der Waals surface area contributed by atoms with Crippen LogP contribution in [-0.2, 0) is 6.54 Å². The molecule has 7 heteroatoms. The molecule has 2 aromatic rings. The van der Waals surface area contributed by atoms with Gasteiger partial charge in [-0.15, -0.1) is 0 Å². The number of aromatic nitrogens is 2. The second kappa shape index (κ2) is 8.71. The maximum Gasteiger partial charge on any atom is 0.317 e. The van der Waals surface area contributed by atoms with Crippen LogP contribution in [0.5, 0.6) is 0 Å². The first kappa shape index (κ1) is 19.6. The zero-order valence-electron chi connectivity index (χ0n) is 17.0. The Hall–Kier alpha value is -2.12. The number of amides is 2. The number of rotatable bonds is 6. The van der Waals surface area contributed by atoms with E-state index in [-0.39, 0.29) is 6.03 Å². The van der Waals surface area contributed by atoms with Crippen molar-refractivity contribution in [3.8, 4) is 0 Å². The average Bonchev–Trinajstić information content (AvgIpc) is 3.03. The van der Waals surface area contributed by atoms with Crippen LogP contribution < -0.4 is 5.32 Å². The third-order valence-corrected chi connectivity index (χ3v) is 5.42. The molecule has 1 aliphatic rings. The van der Waals surface area contributed by atoms with Crippen molar-refractivity contribution in [1.29, 1.82) is 0 Å². The molecule has 2 heterocycles. The lowest BCUT2D eigenvalue weighted by atomic mass is 10.1. The third-order valence-electron chi connectivity index (χ3n) is 5.42. The van der Waals surface area contributed by atoms with E-state index < -0.39 is 0 Å². The minimum atomic E-state index is -0.0581. The van der Waals surface area contributed by atoms with E-state index in [0.717, 1.165) is 49.5 Å². The second-order valence-corrected chi connectivity index (χ2v) is 7.77. The fraction of sp³-hybridized carbons (Fsp3) is 0.600. The molecule has 1 aliphatic heterocycles. The minimum absolute atomic E-state index is 0.0581. The van der Waals surface area contributed by atoms with Gasteiger partial charge in [0.1, 0.15) is 5.82 Å². The van der Waals surface area contributed by atoms with Crippen molar-refractivity contribution in [2.24, 2.45) is 0 Å². The molecule has 1 aromatic carbocycles. The molecular formula is C20H32N6O. The number of urea groups is 1. The number of H-pyrrole nitrogens is 1. The molecule has 1 aromatic heterocycles. The summed E-state index contributed by atoms with van der Waals surface area (Å²) in [6.45, 7) is 9.92. The highest BCUT2D eigenvalue weighted by Gasteiger charge is 2.19. The standard InChI is InChI=1S/C20H32N6O/c1-15-5-6-17-18(13-15)23-19(22-17)14-25(4)20(27)21-8-7-16(2)26-11-9-24(3)10-12-26/h5-6,13,16H,7-12,14H2,1-4H3,(H,21,27)(H,22,23)/t16-/m1/s1. The molecule has 0 aliphatic carbocycles. The Morgan fingerprint density at radius 3 is 2.81 bits per heavy atom. The summed E-state index contributed by atoms with van der Waals surface area (Å²) in [7, 11) is 3.97. The zero-order valence-corrected chi connectivity index (χ0v) is 17.0. The van der Waals surface area contributed by atoms with Crippen molar-refractivity contribution in [3.05, 3.63) is 29.6 Å². The second-order valence-electron chi connectivity index (χ2n) is 7.77. The fourth-order valence-electron chi connectivity index (χ4n) is 3.52. The van der Waals surface area contributed by atoms with Crippen molar-refractivity contribution in [2.45, 2.75) is 32.9 Å². The highest BCUT2D eigenvalue weighted by Crippen LogP contribution is 2.14. The lowest BCUT2D eigenvalue weighted by molar-refractivity contribution is 0.114. The molecule has 3 rings (SSSR count). The summed E-state index contributed by atoms with van der Waals surface area (Å²) in [5, 5.41) is 3.03. The van der Waals surface area contributed by atoms with Crippen LogP contribution in [0.25, 0.3) is 11.0 Å². The van der Waals surface area contributed by atoms with E-state index in [1.54, 1.807) is 11.9 Å². The van der Waals surface area contributed by atoms with Gasteiger partial charge in [0.2, 0.25) is 0 Å². The predicted octanol–water partition coefficient (Wildman–Crippen LogP) is 2.04. The number of hydrogen-bond acceptors (Lipinski definition) is 4. The number of nitrogens with zero attached hydrogens (tertiary/aromatic N) is 4. The fourth-order valence-corrected chi connectivity index (χ4v) is 3.52. The van der Waals surface area contributed by atoms with Crippen LogP contribution in [0.15, 0.2) is 18.2 Å². The molecule has 7 nitrogen and oxygen atoms in total. The van der Waals surface area contributed by atoms with Crippen molar-refractivity contribution in [3.63, 3.8) is 0 Å². The van der Waals surface area contributed by atoms with Gasteiger partial charge in [-0.25, -0.2) is 9.78 Å². The van der Waals surface area contributed by atoms with E-state index in [1.807, 2.05) is 12.1 Å². The molecule has 2 amide bonds. The van der Waals surface area contributed by atoms with Gasteiger partial charge in [-0.2, -0.15) is 0 Å². The summed E-state index contributed by atoms with van der Waals surface area (Å²) in [5.41, 5.74) is 3.14. The highest BCUT2D eigenvalue weighted by molar-refractivity contribution is 5.76. The number of carbonyl (C=O) groups excluding carboxylic acids is 1. The van der Waals surface area contributed by atoms with Gasteiger partial charge in [-0.1, -0.05) is 6.07 Å². The van der Waals surface area contributed by atoms with Crippen LogP contribution in [0.1, 0.15) is 24.7 Å². The van der Waals surface area contributed by atoms with E-state index in [4.69, 9.17) is 0 Å². The van der Waals surface area contributed by atoms with Crippen LogP contribution in [0.4, 0.5) is 4.79 Å². The van der Waals surface area contributed by atoms with Gasteiger partial charge >= 0.3 is 6.03 Å². The van der Waals surface area contributed by atoms with Crippen LogP contribution in [0.3, 0.4) is 0 Å². The van der Waals surface area contributed by atoms with E-state index in [0.29, 0.717) is 19.1 Å². The summed E-state index contributed by atoms with van der Waals surface area (Å²) in [5.74, 6) is 0.805. The molecule has 1 atom stereocenters. The molecule has 1 saturated heterocycles. The smallest absolute Gasteiger partial charge is 0.317 e. The summed E-state index contributed by atoms with van der Waals surface area (Å²) in [4.78, 5) is 26.8. The molecule has 2 N–H and O–H groups in total. The van der Waals surface area contributed by atoms with E-state index in [2.05, 4.69) is 52.0 Å². The van der Waals surface area contributed by atoms with Crippen molar-refractivity contribution >= 4 is 17.1 Å². The highest BCUT2D eigenvalue weighted by atomic mass is 16.2. The molecule has 0 saturated carbocycles. The molecular weight excluding hydrogens is 340 g/mol. The number of hydrogen-bond donors (Lipinski definition) is 2. The lowest BCUT2D eigenvalue weighted by Crippen LogP contribution is -2.49. The van der Waals surface area contributed by atoms with Crippen LogP contribution in [0, 0.1) is 6.92 Å². The number of fused-ring (bicyclic) bond motifs is 1. The van der Waals surface area contributed by atoms with Crippen molar-refractivity contribution < 1.29 is 4.79 Å². The quantitative estimate of drug-likeness (QED) is 0.814. The predicted molar refractivity (Wildman–Crippen MR) is 109 cm³/mol. The molecule has 1 fully saturated rings. The zero-order chi connectivity index (χ0) is 19.4. The SMILES string of the molecule is Cc1ccc2nc(CN(C)C(=O)NCC[C@@H](C)N3CCN(C)CC3)[nH]c2c1. The average molecular weight is 373 g/mol. The number of aryl methyl sites for hydroxylation is 1. The maximum absolute atomic E-state index is 12.4. The molecule has 0 bridgehead atoms. The maximum atomic E-state index is 12.4. The summed E-state index contributed by atoms with van der Waals surface area (Å²) in [6, 6.07) is 6.56. The van der Waals surface area contributed by atoms with E-state index in [1.165, 1.54) is 5.56 Å².